The highest BCUT2D eigenvalue weighted by Crippen LogP contribution is 2.19. The summed E-state index contributed by atoms with van der Waals surface area (Å²) in [5.41, 5.74) is 6.51. The Labute approximate surface area is 99.7 Å². The van der Waals surface area contributed by atoms with Crippen molar-refractivity contribution in [3.05, 3.63) is 28.8 Å². The van der Waals surface area contributed by atoms with Crippen molar-refractivity contribution < 1.29 is 9.53 Å². The average molecular weight is 243 g/mol. The number of hydrogen-bond acceptors (Lipinski definition) is 3. The summed E-state index contributed by atoms with van der Waals surface area (Å²) in [6.45, 7) is 3.53. The lowest BCUT2D eigenvalue weighted by atomic mass is 10.2. The Morgan fingerprint density at radius 2 is 2.31 bits per heavy atom. The Morgan fingerprint density at radius 1 is 1.56 bits per heavy atom. The van der Waals surface area contributed by atoms with Gasteiger partial charge in [0.15, 0.2) is 0 Å². The molecule has 0 fully saturated rings. The van der Waals surface area contributed by atoms with Crippen molar-refractivity contribution in [1.29, 1.82) is 0 Å². The number of nitrogens with two attached hydrogens (primary N) is 1. The lowest BCUT2D eigenvalue weighted by molar-refractivity contribution is 0.0922. The van der Waals surface area contributed by atoms with Crippen molar-refractivity contribution in [2.75, 3.05) is 25.5 Å². The Kier molecular flexibility index (Phi) is 5.08. The SMILES string of the molecule is CCOCCNC(=O)c1ccc(N)c(Cl)c1. The number of rotatable bonds is 5. The van der Waals surface area contributed by atoms with Gasteiger partial charge in [-0.25, -0.2) is 0 Å². The molecule has 0 aliphatic carbocycles. The molecule has 0 bridgehead atoms. The molecular formula is C11H15ClN2O2. The smallest absolute Gasteiger partial charge is 0.251 e. The third kappa shape index (κ3) is 3.72. The summed E-state index contributed by atoms with van der Waals surface area (Å²) in [5, 5.41) is 3.10. The maximum Gasteiger partial charge on any atom is 0.251 e. The van der Waals surface area contributed by atoms with Crippen molar-refractivity contribution in [2.24, 2.45) is 0 Å². The van der Waals surface area contributed by atoms with E-state index in [1.54, 1.807) is 18.2 Å². The van der Waals surface area contributed by atoms with E-state index < -0.39 is 0 Å². The number of carbonyl (C=O) groups excluding carboxylic acids is 1. The molecule has 4 nitrogen and oxygen atoms in total. The molecule has 0 saturated heterocycles. The number of benzene rings is 1. The van der Waals surface area contributed by atoms with Gasteiger partial charge < -0.3 is 15.8 Å². The normalized spacial score (nSPS) is 10.1. The first-order valence-electron chi connectivity index (χ1n) is 5.06. The maximum atomic E-state index is 11.6. The van der Waals surface area contributed by atoms with Crippen LogP contribution in [0.4, 0.5) is 5.69 Å². The molecule has 0 spiro atoms. The molecule has 0 saturated carbocycles. The van der Waals surface area contributed by atoms with Crippen LogP contribution in [0, 0.1) is 0 Å². The van der Waals surface area contributed by atoms with Crippen LogP contribution in [0.25, 0.3) is 0 Å². The van der Waals surface area contributed by atoms with E-state index >= 15 is 0 Å². The van der Waals surface area contributed by atoms with Gasteiger partial charge in [0.1, 0.15) is 0 Å². The quantitative estimate of drug-likeness (QED) is 0.610. The fourth-order valence-electron chi connectivity index (χ4n) is 1.15. The van der Waals surface area contributed by atoms with Gasteiger partial charge in [-0.3, -0.25) is 4.79 Å². The van der Waals surface area contributed by atoms with Crippen LogP contribution in [0.1, 0.15) is 17.3 Å². The molecule has 1 amide bonds. The average Bonchev–Trinajstić information content (AvgIpc) is 2.28. The number of nitrogens with one attached hydrogen (secondary N) is 1. The highest BCUT2D eigenvalue weighted by molar-refractivity contribution is 6.33. The van der Waals surface area contributed by atoms with Crippen molar-refractivity contribution in [3.8, 4) is 0 Å². The van der Waals surface area contributed by atoms with Gasteiger partial charge in [-0.1, -0.05) is 11.6 Å². The minimum absolute atomic E-state index is 0.179. The Bertz CT molecular complexity index is 369. The molecule has 0 unspecified atom stereocenters. The predicted molar refractivity (Wildman–Crippen MR) is 64.7 cm³/mol. The van der Waals surface area contributed by atoms with E-state index in [4.69, 9.17) is 22.1 Å². The Hall–Kier alpha value is -1.26. The first-order chi connectivity index (χ1) is 7.65. The molecule has 0 heterocycles. The number of hydrogen-bond donors (Lipinski definition) is 2. The summed E-state index contributed by atoms with van der Waals surface area (Å²) in [4.78, 5) is 11.6. The molecular weight excluding hydrogens is 228 g/mol. The van der Waals surface area contributed by atoms with Crippen molar-refractivity contribution in [1.82, 2.24) is 5.32 Å². The molecule has 0 aliphatic heterocycles. The second-order valence-electron chi connectivity index (χ2n) is 3.19. The maximum absolute atomic E-state index is 11.6. The molecule has 0 aliphatic rings. The number of ether oxygens (including phenoxy) is 1. The van der Waals surface area contributed by atoms with Crippen molar-refractivity contribution in [3.63, 3.8) is 0 Å². The van der Waals surface area contributed by atoms with Gasteiger partial charge >= 0.3 is 0 Å². The Balaban J connectivity index is 2.50. The van der Waals surface area contributed by atoms with Gasteiger partial charge in [-0.05, 0) is 25.1 Å². The summed E-state index contributed by atoms with van der Waals surface area (Å²) in [6, 6.07) is 4.80. The lowest BCUT2D eigenvalue weighted by Crippen LogP contribution is -2.27. The van der Waals surface area contributed by atoms with E-state index in [1.807, 2.05) is 6.92 Å². The number of anilines is 1. The highest BCUT2D eigenvalue weighted by Gasteiger charge is 2.06. The molecule has 0 radical (unpaired) electrons. The molecule has 16 heavy (non-hydrogen) atoms. The van der Waals surface area contributed by atoms with E-state index in [9.17, 15) is 4.79 Å². The van der Waals surface area contributed by atoms with E-state index in [-0.39, 0.29) is 5.91 Å². The van der Waals surface area contributed by atoms with E-state index in [0.717, 1.165) is 0 Å². The summed E-state index contributed by atoms with van der Waals surface area (Å²) in [5.74, 6) is -0.179. The molecule has 1 aromatic carbocycles. The molecule has 3 N–H and O–H groups in total. The van der Waals surface area contributed by atoms with Crippen LogP contribution in [0.3, 0.4) is 0 Å². The van der Waals surface area contributed by atoms with Crippen LogP contribution < -0.4 is 11.1 Å². The van der Waals surface area contributed by atoms with Gasteiger partial charge in [-0.2, -0.15) is 0 Å². The van der Waals surface area contributed by atoms with Crippen LogP contribution in [0.5, 0.6) is 0 Å². The zero-order chi connectivity index (χ0) is 12.0. The molecule has 0 atom stereocenters. The number of carbonyl (C=O) groups is 1. The van der Waals surface area contributed by atoms with Gasteiger partial charge in [0, 0.05) is 18.7 Å². The zero-order valence-corrected chi connectivity index (χ0v) is 9.88. The van der Waals surface area contributed by atoms with Gasteiger partial charge in [0.2, 0.25) is 0 Å². The summed E-state index contributed by atoms with van der Waals surface area (Å²) in [6.07, 6.45) is 0. The highest BCUT2D eigenvalue weighted by atomic mass is 35.5. The number of nitrogen functional groups attached to an aromatic ring is 1. The van der Waals surface area contributed by atoms with Gasteiger partial charge in [0.05, 0.1) is 17.3 Å². The summed E-state index contributed by atoms with van der Waals surface area (Å²) in [7, 11) is 0. The van der Waals surface area contributed by atoms with Crippen LogP contribution in [-0.2, 0) is 4.74 Å². The van der Waals surface area contributed by atoms with Crippen LogP contribution in [0.2, 0.25) is 5.02 Å². The second kappa shape index (κ2) is 6.35. The monoisotopic (exact) mass is 242 g/mol. The topological polar surface area (TPSA) is 64.3 Å². The molecule has 88 valence electrons. The standard InChI is InChI=1S/C11H15ClN2O2/c1-2-16-6-5-14-11(15)8-3-4-10(13)9(12)7-8/h3-4,7H,2,5-6,13H2,1H3,(H,14,15). The second-order valence-corrected chi connectivity index (χ2v) is 3.60. The summed E-state index contributed by atoms with van der Waals surface area (Å²) >= 11 is 5.81. The van der Waals surface area contributed by atoms with Crippen LogP contribution in [0.15, 0.2) is 18.2 Å². The van der Waals surface area contributed by atoms with Gasteiger partial charge in [-0.15, -0.1) is 0 Å². The molecule has 5 heteroatoms. The number of halogens is 1. The minimum atomic E-state index is -0.179. The van der Waals surface area contributed by atoms with E-state index in [0.29, 0.717) is 36.0 Å². The molecule has 1 rings (SSSR count). The van der Waals surface area contributed by atoms with Gasteiger partial charge in [0.25, 0.3) is 5.91 Å². The third-order valence-corrected chi connectivity index (χ3v) is 2.33. The fraction of sp³-hybridized carbons (Fsp3) is 0.364. The predicted octanol–water partition coefficient (Wildman–Crippen LogP) is 1.69. The summed E-state index contributed by atoms with van der Waals surface area (Å²) < 4.78 is 5.10. The van der Waals surface area contributed by atoms with Crippen molar-refractivity contribution in [2.45, 2.75) is 6.92 Å². The van der Waals surface area contributed by atoms with Crippen molar-refractivity contribution >= 4 is 23.2 Å². The first-order valence-corrected chi connectivity index (χ1v) is 5.44. The Morgan fingerprint density at radius 3 is 2.94 bits per heavy atom. The molecule has 0 aromatic heterocycles. The third-order valence-electron chi connectivity index (χ3n) is 2.00. The van der Waals surface area contributed by atoms with Crippen LogP contribution in [-0.4, -0.2) is 25.7 Å². The lowest BCUT2D eigenvalue weighted by Gasteiger charge is -2.06. The number of amides is 1. The minimum Gasteiger partial charge on any atom is -0.398 e. The zero-order valence-electron chi connectivity index (χ0n) is 9.13. The first kappa shape index (κ1) is 12.8. The molecule has 1 aromatic rings. The van der Waals surface area contributed by atoms with Crippen LogP contribution >= 0.6 is 11.6 Å². The van der Waals surface area contributed by atoms with E-state index in [1.165, 1.54) is 0 Å². The largest absolute Gasteiger partial charge is 0.398 e. The fourth-order valence-corrected chi connectivity index (χ4v) is 1.33. The van der Waals surface area contributed by atoms with E-state index in [2.05, 4.69) is 5.32 Å².